The highest BCUT2D eigenvalue weighted by Crippen LogP contribution is 2.06. The Kier molecular flexibility index (Phi) is 5.28. The second-order valence-electron chi connectivity index (χ2n) is 4.07. The van der Waals surface area contributed by atoms with E-state index in [-0.39, 0.29) is 0 Å². The number of nitrogen functional groups attached to an aromatic ring is 1. The van der Waals surface area contributed by atoms with Crippen molar-refractivity contribution in [3.05, 3.63) is 35.9 Å². The van der Waals surface area contributed by atoms with Gasteiger partial charge in [-0.2, -0.15) is 0 Å². The van der Waals surface area contributed by atoms with Gasteiger partial charge < -0.3 is 21.9 Å². The Labute approximate surface area is 115 Å². The Hall–Kier alpha value is -2.83. The molecule has 0 aliphatic rings. The molecule has 1 aromatic carbocycles. The van der Waals surface area contributed by atoms with Crippen LogP contribution in [0.2, 0.25) is 0 Å². The van der Waals surface area contributed by atoms with Crippen LogP contribution in [0.3, 0.4) is 0 Å². The zero-order chi connectivity index (χ0) is 15.1. The van der Waals surface area contributed by atoms with Crippen LogP contribution in [0.15, 0.2) is 30.3 Å². The maximum Gasteiger partial charge on any atom is 0.326 e. The first-order chi connectivity index (χ1) is 9.38. The Morgan fingerprint density at radius 2 is 1.85 bits per heavy atom. The van der Waals surface area contributed by atoms with Crippen LogP contribution in [0.4, 0.5) is 5.69 Å². The van der Waals surface area contributed by atoms with Gasteiger partial charge in [0.2, 0.25) is 11.8 Å². The fraction of sp³-hybridized carbons (Fsp3) is 0.154. The van der Waals surface area contributed by atoms with Gasteiger partial charge in [0.1, 0.15) is 6.04 Å². The number of hydrogen-bond donors (Lipinski definition) is 4. The molecule has 7 heteroatoms. The molecule has 106 valence electrons. The molecule has 0 radical (unpaired) electrons. The number of nitrogens with two attached hydrogens (primary N) is 2. The van der Waals surface area contributed by atoms with E-state index >= 15 is 0 Å². The van der Waals surface area contributed by atoms with Gasteiger partial charge in [0, 0.05) is 11.8 Å². The van der Waals surface area contributed by atoms with Crippen LogP contribution >= 0.6 is 0 Å². The molecule has 2 amide bonds. The first-order valence-corrected chi connectivity index (χ1v) is 5.73. The van der Waals surface area contributed by atoms with Gasteiger partial charge in [-0.1, -0.05) is 12.1 Å². The number of anilines is 1. The summed E-state index contributed by atoms with van der Waals surface area (Å²) in [5, 5.41) is 11.0. The first-order valence-electron chi connectivity index (χ1n) is 5.73. The summed E-state index contributed by atoms with van der Waals surface area (Å²) < 4.78 is 0. The summed E-state index contributed by atoms with van der Waals surface area (Å²) in [6.07, 6.45) is 2.21. The number of carboxylic acid groups (broad SMARTS) is 1. The summed E-state index contributed by atoms with van der Waals surface area (Å²) in [6, 6.07) is 5.42. The van der Waals surface area contributed by atoms with Crippen LogP contribution in [0.5, 0.6) is 0 Å². The molecule has 20 heavy (non-hydrogen) atoms. The van der Waals surface area contributed by atoms with Crippen molar-refractivity contribution in [2.24, 2.45) is 5.73 Å². The number of benzene rings is 1. The van der Waals surface area contributed by atoms with Crippen molar-refractivity contribution in [1.29, 1.82) is 0 Å². The molecule has 0 aliphatic carbocycles. The number of carbonyl (C=O) groups excluding carboxylic acids is 2. The van der Waals surface area contributed by atoms with E-state index in [1.165, 1.54) is 12.2 Å². The summed E-state index contributed by atoms with van der Waals surface area (Å²) in [5.41, 5.74) is 11.7. The van der Waals surface area contributed by atoms with Gasteiger partial charge in [-0.25, -0.2) is 4.79 Å². The number of carboxylic acids is 1. The number of rotatable bonds is 6. The lowest BCUT2D eigenvalue weighted by Crippen LogP contribution is -2.42. The number of hydrogen-bond acceptors (Lipinski definition) is 4. The van der Waals surface area contributed by atoms with E-state index in [1.807, 2.05) is 0 Å². The van der Waals surface area contributed by atoms with Gasteiger partial charge in [0.15, 0.2) is 0 Å². The molecule has 0 unspecified atom stereocenters. The van der Waals surface area contributed by atoms with Gasteiger partial charge in [-0.05, 0) is 23.8 Å². The average Bonchev–Trinajstić information content (AvgIpc) is 2.36. The molecule has 0 saturated carbocycles. The van der Waals surface area contributed by atoms with Gasteiger partial charge in [-0.3, -0.25) is 9.59 Å². The molecule has 1 atom stereocenters. The van der Waals surface area contributed by atoms with Gasteiger partial charge in [0.25, 0.3) is 0 Å². The third-order valence-electron chi connectivity index (χ3n) is 2.38. The molecule has 0 spiro atoms. The lowest BCUT2D eigenvalue weighted by Gasteiger charge is -2.10. The second kappa shape index (κ2) is 6.93. The standard InChI is InChI=1S/C13H15N3O4/c14-9-4-1-8(2-5-9)3-6-12(18)16-10(13(19)20)7-11(15)17/h1-6,10H,7,14H2,(H2,15,17)(H,16,18)(H,19,20)/b6-3+/t10-/m1/s1. The smallest absolute Gasteiger partial charge is 0.326 e. The van der Waals surface area contributed by atoms with Crippen molar-refractivity contribution in [2.75, 3.05) is 5.73 Å². The lowest BCUT2D eigenvalue weighted by molar-refractivity contribution is -0.142. The number of nitrogens with one attached hydrogen (secondary N) is 1. The fourth-order valence-electron chi connectivity index (χ4n) is 1.40. The Morgan fingerprint density at radius 3 is 2.35 bits per heavy atom. The molecular formula is C13H15N3O4. The highest BCUT2D eigenvalue weighted by atomic mass is 16.4. The summed E-state index contributed by atoms with van der Waals surface area (Å²) in [6.45, 7) is 0. The number of amides is 2. The normalized spacial score (nSPS) is 12.0. The topological polar surface area (TPSA) is 136 Å². The predicted octanol–water partition coefficient (Wildman–Crippen LogP) is -0.273. The molecule has 6 N–H and O–H groups in total. The Balaban J connectivity index is 2.63. The minimum absolute atomic E-state index is 0.462. The molecule has 0 bridgehead atoms. The Bertz CT molecular complexity index is 537. The highest BCUT2D eigenvalue weighted by molar-refractivity contribution is 5.95. The van der Waals surface area contributed by atoms with Crippen molar-refractivity contribution in [2.45, 2.75) is 12.5 Å². The van der Waals surface area contributed by atoms with E-state index in [0.717, 1.165) is 5.56 Å². The van der Waals surface area contributed by atoms with E-state index < -0.39 is 30.2 Å². The van der Waals surface area contributed by atoms with Crippen molar-refractivity contribution in [1.82, 2.24) is 5.32 Å². The van der Waals surface area contributed by atoms with Crippen LogP contribution in [-0.2, 0) is 14.4 Å². The average molecular weight is 277 g/mol. The van der Waals surface area contributed by atoms with Gasteiger partial charge >= 0.3 is 5.97 Å². The number of primary amides is 1. The summed E-state index contributed by atoms with van der Waals surface area (Å²) in [4.78, 5) is 33.0. The van der Waals surface area contributed by atoms with Crippen molar-refractivity contribution >= 4 is 29.5 Å². The third-order valence-corrected chi connectivity index (χ3v) is 2.38. The van der Waals surface area contributed by atoms with Crippen molar-refractivity contribution in [3.8, 4) is 0 Å². The number of aliphatic carboxylic acids is 1. The SMILES string of the molecule is NC(=O)C[C@@H](NC(=O)/C=C/c1ccc(N)cc1)C(=O)O. The molecule has 0 heterocycles. The molecule has 7 nitrogen and oxygen atoms in total. The Morgan fingerprint density at radius 1 is 1.25 bits per heavy atom. The third kappa shape index (κ3) is 5.21. The summed E-state index contributed by atoms with van der Waals surface area (Å²) in [5.74, 6) is -2.76. The van der Waals surface area contributed by atoms with E-state index in [2.05, 4.69) is 5.32 Å². The summed E-state index contributed by atoms with van der Waals surface area (Å²) in [7, 11) is 0. The number of carbonyl (C=O) groups is 3. The zero-order valence-electron chi connectivity index (χ0n) is 10.6. The minimum atomic E-state index is -1.34. The first kappa shape index (κ1) is 15.2. The van der Waals surface area contributed by atoms with E-state index in [0.29, 0.717) is 5.69 Å². The fourth-order valence-corrected chi connectivity index (χ4v) is 1.40. The van der Waals surface area contributed by atoms with Crippen molar-refractivity contribution in [3.63, 3.8) is 0 Å². The van der Waals surface area contributed by atoms with E-state index in [1.54, 1.807) is 24.3 Å². The minimum Gasteiger partial charge on any atom is -0.480 e. The van der Waals surface area contributed by atoms with Crippen LogP contribution < -0.4 is 16.8 Å². The monoisotopic (exact) mass is 277 g/mol. The summed E-state index contributed by atoms with van der Waals surface area (Å²) >= 11 is 0. The lowest BCUT2D eigenvalue weighted by atomic mass is 10.2. The predicted molar refractivity (Wildman–Crippen MR) is 73.3 cm³/mol. The highest BCUT2D eigenvalue weighted by Gasteiger charge is 2.20. The van der Waals surface area contributed by atoms with Crippen LogP contribution in [0.1, 0.15) is 12.0 Å². The van der Waals surface area contributed by atoms with Gasteiger partial charge in [0.05, 0.1) is 6.42 Å². The maximum absolute atomic E-state index is 11.5. The zero-order valence-corrected chi connectivity index (χ0v) is 10.6. The molecule has 0 fully saturated rings. The van der Waals surface area contributed by atoms with E-state index in [9.17, 15) is 14.4 Å². The second-order valence-corrected chi connectivity index (χ2v) is 4.07. The van der Waals surface area contributed by atoms with Crippen LogP contribution in [-0.4, -0.2) is 28.9 Å². The van der Waals surface area contributed by atoms with Gasteiger partial charge in [-0.15, -0.1) is 0 Å². The van der Waals surface area contributed by atoms with Crippen LogP contribution in [0, 0.1) is 0 Å². The van der Waals surface area contributed by atoms with E-state index in [4.69, 9.17) is 16.6 Å². The molecule has 1 rings (SSSR count). The maximum atomic E-state index is 11.5. The quantitative estimate of drug-likeness (QED) is 0.419. The van der Waals surface area contributed by atoms with Crippen molar-refractivity contribution < 1.29 is 19.5 Å². The molecule has 0 aromatic heterocycles. The molecule has 0 aliphatic heterocycles. The molecular weight excluding hydrogens is 262 g/mol. The molecule has 1 aromatic rings. The molecule has 0 saturated heterocycles. The largest absolute Gasteiger partial charge is 0.480 e. The van der Waals surface area contributed by atoms with Crippen LogP contribution in [0.25, 0.3) is 6.08 Å².